The molecule has 1 aliphatic rings. The number of aromatic hydroxyl groups is 1. The zero-order valence-corrected chi connectivity index (χ0v) is 17.3. The molecule has 3 N–H and O–H groups in total. The average molecular weight is 413 g/mol. The van der Waals surface area contributed by atoms with Crippen LogP contribution in [0.3, 0.4) is 0 Å². The number of rotatable bonds is 6. The lowest BCUT2D eigenvalue weighted by molar-refractivity contribution is -0.361. The summed E-state index contributed by atoms with van der Waals surface area (Å²) in [4.78, 5) is 7.63. The number of ether oxygens (including phenoxy) is 1. The number of benzene rings is 2. The molecule has 5 heteroatoms. The number of nitrogens with one attached hydrogen (secondary N) is 2. The van der Waals surface area contributed by atoms with E-state index in [2.05, 4.69) is 27.4 Å². The van der Waals surface area contributed by atoms with E-state index in [9.17, 15) is 5.11 Å². The van der Waals surface area contributed by atoms with Crippen molar-refractivity contribution in [2.24, 2.45) is 0 Å². The normalized spacial score (nSPS) is 15.1. The van der Waals surface area contributed by atoms with Gasteiger partial charge in [0.15, 0.2) is 0 Å². The second-order valence-electron chi connectivity index (χ2n) is 8.03. The fraction of sp³-hybridized carbons (Fsp3) is 0.231. The highest BCUT2D eigenvalue weighted by Crippen LogP contribution is 2.37. The molecule has 4 aromatic rings. The predicted octanol–water partition coefficient (Wildman–Crippen LogP) is 5.28. The van der Waals surface area contributed by atoms with Gasteiger partial charge in [0.1, 0.15) is 23.1 Å². The topological polar surface area (TPSA) is 68.5 Å². The lowest BCUT2D eigenvalue weighted by Crippen LogP contribution is -2.19. The standard InChI is InChI=1S/C26H25N3O2/c30-26-22(14-13-18-8-6-16-28-25(18)26)24(29-23-12-3-4-15-27-23)19-7-5-11-21(17-19)31-20-9-1-2-10-20/h3-8,11-17,20,24,30H,1-2,9-10H2,(H,27,29)/p+1/t24-/m1/s1. The van der Waals surface area contributed by atoms with Gasteiger partial charge in [-0.15, -0.1) is 0 Å². The number of phenols is 1. The molecule has 2 heterocycles. The Labute approximate surface area is 181 Å². The molecule has 1 saturated carbocycles. The fourth-order valence-electron chi connectivity index (χ4n) is 4.32. The predicted molar refractivity (Wildman–Crippen MR) is 121 cm³/mol. The lowest BCUT2D eigenvalue weighted by Gasteiger charge is -2.19. The Morgan fingerprint density at radius 3 is 2.74 bits per heavy atom. The van der Waals surface area contributed by atoms with Crippen LogP contribution in [-0.4, -0.2) is 16.2 Å². The van der Waals surface area contributed by atoms with Gasteiger partial charge < -0.3 is 9.84 Å². The van der Waals surface area contributed by atoms with Crippen LogP contribution in [0, 0.1) is 0 Å². The van der Waals surface area contributed by atoms with Crippen LogP contribution in [0.2, 0.25) is 0 Å². The van der Waals surface area contributed by atoms with Crippen LogP contribution in [-0.2, 0) is 0 Å². The Bertz CT molecular complexity index is 1170. The summed E-state index contributed by atoms with van der Waals surface area (Å²) >= 11 is 0. The van der Waals surface area contributed by atoms with Gasteiger partial charge in [0, 0.05) is 28.8 Å². The van der Waals surface area contributed by atoms with Gasteiger partial charge >= 0.3 is 0 Å². The molecular weight excluding hydrogens is 386 g/mol. The number of anilines is 1. The number of hydrogen-bond acceptors (Lipinski definition) is 4. The van der Waals surface area contributed by atoms with Gasteiger partial charge in [-0.3, -0.25) is 10.3 Å². The van der Waals surface area contributed by atoms with Crippen LogP contribution in [0.5, 0.6) is 11.5 Å². The first-order valence-electron chi connectivity index (χ1n) is 10.8. The highest BCUT2D eigenvalue weighted by Gasteiger charge is 2.25. The summed E-state index contributed by atoms with van der Waals surface area (Å²) in [5, 5.41) is 15.6. The minimum atomic E-state index is -0.280. The molecule has 0 amide bonds. The summed E-state index contributed by atoms with van der Waals surface area (Å²) in [5.74, 6) is 1.91. The van der Waals surface area contributed by atoms with Crippen molar-refractivity contribution < 1.29 is 14.8 Å². The summed E-state index contributed by atoms with van der Waals surface area (Å²) in [5.41, 5.74) is 2.38. The van der Waals surface area contributed by atoms with Crippen molar-refractivity contribution in [1.29, 1.82) is 0 Å². The Morgan fingerprint density at radius 1 is 1.00 bits per heavy atom. The third kappa shape index (κ3) is 4.17. The van der Waals surface area contributed by atoms with Crippen LogP contribution in [0.25, 0.3) is 10.9 Å². The molecule has 1 aliphatic carbocycles. The summed E-state index contributed by atoms with van der Waals surface area (Å²) in [7, 11) is 0. The maximum atomic E-state index is 11.1. The smallest absolute Gasteiger partial charge is 0.272 e. The number of nitrogens with zero attached hydrogens (tertiary/aromatic N) is 1. The van der Waals surface area contributed by atoms with Crippen molar-refractivity contribution in [3.05, 3.63) is 90.3 Å². The van der Waals surface area contributed by atoms with Crippen molar-refractivity contribution >= 4 is 16.7 Å². The second-order valence-corrected chi connectivity index (χ2v) is 8.03. The Kier molecular flexibility index (Phi) is 5.40. The van der Waals surface area contributed by atoms with E-state index >= 15 is 0 Å². The minimum absolute atomic E-state index is 0.189. The monoisotopic (exact) mass is 412 g/mol. The third-order valence-corrected chi connectivity index (χ3v) is 5.90. The van der Waals surface area contributed by atoms with Crippen LogP contribution >= 0.6 is 0 Å². The van der Waals surface area contributed by atoms with Gasteiger partial charge in [0.05, 0.1) is 12.3 Å². The van der Waals surface area contributed by atoms with E-state index in [1.807, 2.05) is 60.8 Å². The zero-order valence-electron chi connectivity index (χ0n) is 17.3. The van der Waals surface area contributed by atoms with Crippen LogP contribution in [0.1, 0.15) is 42.9 Å². The number of phenolic OH excluding ortho intramolecular Hbond substituents is 1. The van der Waals surface area contributed by atoms with Crippen LogP contribution in [0.4, 0.5) is 5.82 Å². The van der Waals surface area contributed by atoms with Crippen molar-refractivity contribution in [2.75, 3.05) is 5.32 Å². The van der Waals surface area contributed by atoms with E-state index < -0.39 is 0 Å². The number of hydrogen-bond donors (Lipinski definition) is 2. The average Bonchev–Trinajstić information content (AvgIpc) is 3.32. The largest absolute Gasteiger partial charge is 0.505 e. The first kappa shape index (κ1) is 19.4. The first-order chi connectivity index (χ1) is 15.3. The molecule has 31 heavy (non-hydrogen) atoms. The molecule has 1 atom stereocenters. The molecule has 0 aliphatic heterocycles. The highest BCUT2D eigenvalue weighted by atomic mass is 16.5. The Balaban J connectivity index is 1.56. The van der Waals surface area contributed by atoms with Crippen molar-refractivity contribution in [3.8, 4) is 11.5 Å². The van der Waals surface area contributed by atoms with Gasteiger partial charge in [-0.2, -0.15) is 0 Å². The molecule has 1 fully saturated rings. The van der Waals surface area contributed by atoms with Gasteiger partial charge in [0.2, 0.25) is 0 Å². The van der Waals surface area contributed by atoms with E-state index in [-0.39, 0.29) is 11.8 Å². The van der Waals surface area contributed by atoms with Gasteiger partial charge in [0.25, 0.3) is 5.82 Å². The molecule has 0 bridgehead atoms. The second kappa shape index (κ2) is 8.64. The quantitative estimate of drug-likeness (QED) is 0.452. The molecule has 0 saturated heterocycles. The molecule has 2 aromatic carbocycles. The van der Waals surface area contributed by atoms with E-state index in [4.69, 9.17) is 4.74 Å². The SMILES string of the molecule is Oc1c([C@H](Nc2cccc[nH+]2)c2cccc(OC3CCCC3)c2)ccc2cccnc12. The van der Waals surface area contributed by atoms with E-state index in [1.54, 1.807) is 6.20 Å². The highest BCUT2D eigenvalue weighted by molar-refractivity contribution is 5.86. The van der Waals surface area contributed by atoms with Crippen LogP contribution < -0.4 is 15.0 Å². The molecule has 156 valence electrons. The van der Waals surface area contributed by atoms with Crippen LogP contribution in [0.15, 0.2) is 79.1 Å². The van der Waals surface area contributed by atoms with Crippen molar-refractivity contribution in [3.63, 3.8) is 0 Å². The lowest BCUT2D eigenvalue weighted by atomic mass is 9.96. The molecular formula is C26H26N3O2+. The van der Waals surface area contributed by atoms with Gasteiger partial charge in [-0.1, -0.05) is 30.3 Å². The molecule has 2 aromatic heterocycles. The summed E-state index contributed by atoms with van der Waals surface area (Å²) in [6.07, 6.45) is 8.56. The number of aromatic nitrogens is 2. The van der Waals surface area contributed by atoms with E-state index in [1.165, 1.54) is 12.8 Å². The molecule has 0 radical (unpaired) electrons. The molecule has 0 spiro atoms. The number of pyridine rings is 2. The summed E-state index contributed by atoms with van der Waals surface area (Å²) < 4.78 is 6.24. The van der Waals surface area contributed by atoms with E-state index in [0.29, 0.717) is 11.6 Å². The van der Waals surface area contributed by atoms with E-state index in [0.717, 1.165) is 40.9 Å². The fourth-order valence-corrected chi connectivity index (χ4v) is 4.32. The number of fused-ring (bicyclic) bond motifs is 1. The zero-order chi connectivity index (χ0) is 21.0. The maximum Gasteiger partial charge on any atom is 0.272 e. The van der Waals surface area contributed by atoms with Gasteiger partial charge in [-0.05, 0) is 56.0 Å². The Hall–Kier alpha value is -3.60. The number of aromatic amines is 1. The molecule has 5 nitrogen and oxygen atoms in total. The Morgan fingerprint density at radius 2 is 1.90 bits per heavy atom. The summed E-state index contributed by atoms with van der Waals surface area (Å²) in [6.45, 7) is 0. The third-order valence-electron chi connectivity index (χ3n) is 5.90. The van der Waals surface area contributed by atoms with Crippen molar-refractivity contribution in [1.82, 2.24) is 4.98 Å². The minimum Gasteiger partial charge on any atom is -0.505 e. The molecule has 0 unspecified atom stereocenters. The maximum absolute atomic E-state index is 11.1. The number of H-pyrrole nitrogens is 1. The van der Waals surface area contributed by atoms with Gasteiger partial charge in [-0.25, -0.2) is 4.98 Å². The summed E-state index contributed by atoms with van der Waals surface area (Å²) in [6, 6.07) is 21.5. The van der Waals surface area contributed by atoms with Crippen molar-refractivity contribution in [2.45, 2.75) is 37.8 Å². The first-order valence-corrected chi connectivity index (χ1v) is 10.8. The molecule has 5 rings (SSSR count).